The minimum Gasteiger partial charge on any atom is -0.465 e. The molecule has 1 heterocycles. The van der Waals surface area contributed by atoms with Gasteiger partial charge < -0.3 is 14.8 Å². The number of carbonyl (C=O) groups excluding carboxylic acids is 3. The molecular formula is C19H19IN2O5S. The van der Waals surface area contributed by atoms with Crippen molar-refractivity contribution in [2.75, 3.05) is 19.0 Å². The predicted molar refractivity (Wildman–Crippen MR) is 112 cm³/mol. The van der Waals surface area contributed by atoms with Gasteiger partial charge in [0.1, 0.15) is 5.92 Å². The summed E-state index contributed by atoms with van der Waals surface area (Å²) in [6.45, 7) is 3.72. The summed E-state index contributed by atoms with van der Waals surface area (Å²) in [4.78, 5) is 37.0. The third kappa shape index (κ3) is 5.05. The fourth-order valence-electron chi connectivity index (χ4n) is 2.82. The van der Waals surface area contributed by atoms with E-state index in [4.69, 9.17) is 9.47 Å². The van der Waals surface area contributed by atoms with E-state index in [9.17, 15) is 19.6 Å². The first-order valence-corrected chi connectivity index (χ1v) is 10.7. The summed E-state index contributed by atoms with van der Waals surface area (Å²) in [5.41, 5.74) is 0.901. The Balaban J connectivity index is 2.51. The molecule has 1 N–H and O–H groups in total. The molecule has 0 saturated heterocycles. The van der Waals surface area contributed by atoms with Crippen LogP contribution in [-0.2, 0) is 23.9 Å². The molecule has 0 fully saturated rings. The number of rotatable bonds is 7. The Morgan fingerprint density at radius 3 is 2.54 bits per heavy atom. The lowest BCUT2D eigenvalue weighted by molar-refractivity contribution is -0.153. The van der Waals surface area contributed by atoms with Crippen molar-refractivity contribution in [2.45, 2.75) is 19.8 Å². The maximum atomic E-state index is 12.8. The molecule has 1 aromatic rings. The summed E-state index contributed by atoms with van der Waals surface area (Å²) >= 11 is 3.11. The first-order valence-electron chi connectivity index (χ1n) is 8.59. The van der Waals surface area contributed by atoms with Crippen molar-refractivity contribution in [1.82, 2.24) is 5.32 Å². The molecule has 0 spiro atoms. The Morgan fingerprint density at radius 1 is 1.25 bits per heavy atom. The van der Waals surface area contributed by atoms with E-state index < -0.39 is 29.7 Å². The van der Waals surface area contributed by atoms with Crippen LogP contribution in [-0.4, -0.2) is 36.8 Å². The number of nitrogens with zero attached hydrogens (tertiary/aromatic N) is 1. The van der Waals surface area contributed by atoms with Crippen LogP contribution in [0.3, 0.4) is 0 Å². The van der Waals surface area contributed by atoms with Gasteiger partial charge in [0.05, 0.1) is 35.6 Å². The van der Waals surface area contributed by atoms with Crippen LogP contribution in [0.15, 0.2) is 34.9 Å². The molecule has 9 heteroatoms. The second-order valence-corrected chi connectivity index (χ2v) is 7.81. The van der Waals surface area contributed by atoms with Gasteiger partial charge in [-0.25, -0.2) is 0 Å². The van der Waals surface area contributed by atoms with E-state index in [-0.39, 0.29) is 29.6 Å². The molecule has 1 aromatic carbocycles. The van der Waals surface area contributed by atoms with E-state index >= 15 is 0 Å². The molecule has 0 radical (unpaired) electrons. The van der Waals surface area contributed by atoms with Crippen molar-refractivity contribution in [3.63, 3.8) is 0 Å². The summed E-state index contributed by atoms with van der Waals surface area (Å²) in [6.07, 6.45) is 0. The van der Waals surface area contributed by atoms with Crippen LogP contribution < -0.4 is 5.32 Å². The Kier molecular flexibility index (Phi) is 8.32. The Bertz CT molecular complexity index is 849. The minimum atomic E-state index is -1.18. The molecule has 0 bridgehead atoms. The van der Waals surface area contributed by atoms with Crippen LogP contribution >= 0.6 is 34.4 Å². The fourth-order valence-corrected chi connectivity index (χ4v) is 4.39. The minimum absolute atomic E-state index is 0.0582. The van der Waals surface area contributed by atoms with Crippen LogP contribution in [0.4, 0.5) is 0 Å². The zero-order valence-electron chi connectivity index (χ0n) is 15.4. The number of carbonyl (C=O) groups is 3. The SMILES string of the molecule is CCOC(=O)CSC1=C(C#N)C(c2ccccc2I)C(C(=O)OCC)C(=O)N1. The lowest BCUT2D eigenvalue weighted by Crippen LogP contribution is -2.44. The molecule has 2 atom stereocenters. The van der Waals surface area contributed by atoms with Crippen LogP contribution in [0.25, 0.3) is 0 Å². The molecule has 1 aliphatic rings. The van der Waals surface area contributed by atoms with E-state index in [1.807, 2.05) is 12.1 Å². The number of nitrogens with one attached hydrogen (secondary N) is 1. The van der Waals surface area contributed by atoms with Crippen molar-refractivity contribution in [2.24, 2.45) is 5.92 Å². The Labute approximate surface area is 181 Å². The summed E-state index contributed by atoms with van der Waals surface area (Å²) < 4.78 is 10.8. The third-order valence-corrected chi connectivity index (χ3v) is 5.92. The molecular weight excluding hydrogens is 495 g/mol. The van der Waals surface area contributed by atoms with E-state index in [0.717, 1.165) is 15.3 Å². The summed E-state index contributed by atoms with van der Waals surface area (Å²) in [7, 11) is 0. The highest BCUT2D eigenvalue weighted by molar-refractivity contribution is 14.1. The molecule has 1 amide bonds. The van der Waals surface area contributed by atoms with E-state index in [2.05, 4.69) is 34.0 Å². The van der Waals surface area contributed by atoms with E-state index in [0.29, 0.717) is 5.56 Å². The first kappa shape index (κ1) is 22.2. The average Bonchev–Trinajstić information content (AvgIpc) is 2.66. The van der Waals surface area contributed by atoms with Gasteiger partial charge in [-0.15, -0.1) is 0 Å². The number of nitriles is 1. The number of halogens is 1. The normalized spacial score (nSPS) is 18.9. The Morgan fingerprint density at radius 2 is 1.93 bits per heavy atom. The van der Waals surface area contributed by atoms with Gasteiger partial charge in [-0.3, -0.25) is 14.4 Å². The van der Waals surface area contributed by atoms with Crippen molar-refractivity contribution >= 4 is 52.2 Å². The average molecular weight is 514 g/mol. The quantitative estimate of drug-likeness (QED) is 0.339. The highest BCUT2D eigenvalue weighted by Crippen LogP contribution is 2.41. The van der Waals surface area contributed by atoms with Crippen LogP contribution in [0.5, 0.6) is 0 Å². The van der Waals surface area contributed by atoms with Crippen molar-refractivity contribution in [3.8, 4) is 6.07 Å². The molecule has 1 aliphatic heterocycles. The number of thioether (sulfide) groups is 1. The number of hydrogen-bond acceptors (Lipinski definition) is 7. The monoisotopic (exact) mass is 514 g/mol. The van der Waals surface area contributed by atoms with E-state index in [1.165, 1.54) is 0 Å². The van der Waals surface area contributed by atoms with Gasteiger partial charge in [-0.2, -0.15) is 5.26 Å². The number of amides is 1. The lowest BCUT2D eigenvalue weighted by Gasteiger charge is -2.31. The highest BCUT2D eigenvalue weighted by atomic mass is 127. The van der Waals surface area contributed by atoms with Gasteiger partial charge in [0.2, 0.25) is 5.91 Å². The maximum absolute atomic E-state index is 12.8. The number of esters is 2. The fraction of sp³-hybridized carbons (Fsp3) is 0.368. The van der Waals surface area contributed by atoms with Crippen LogP contribution in [0.2, 0.25) is 0 Å². The highest BCUT2D eigenvalue weighted by Gasteiger charge is 2.45. The summed E-state index contributed by atoms with van der Waals surface area (Å²) in [5, 5.41) is 12.7. The topological polar surface area (TPSA) is 105 Å². The molecule has 0 aromatic heterocycles. The number of allylic oxidation sites excluding steroid dienone is 1. The lowest BCUT2D eigenvalue weighted by atomic mass is 9.78. The molecule has 28 heavy (non-hydrogen) atoms. The second-order valence-electron chi connectivity index (χ2n) is 5.67. The molecule has 2 rings (SSSR count). The first-order chi connectivity index (χ1) is 13.4. The van der Waals surface area contributed by atoms with Gasteiger partial charge in [-0.05, 0) is 48.1 Å². The van der Waals surface area contributed by atoms with Crippen LogP contribution in [0.1, 0.15) is 25.3 Å². The van der Waals surface area contributed by atoms with Gasteiger partial charge in [0.25, 0.3) is 0 Å². The molecule has 148 valence electrons. The summed E-state index contributed by atoms with van der Waals surface area (Å²) in [5.74, 6) is -3.74. The standard InChI is InChI=1S/C19H19IN2O5S/c1-3-26-14(23)10-28-18-12(9-21)15(11-7-5-6-8-13(11)20)16(17(24)22-18)19(25)27-4-2/h5-8,15-16H,3-4,10H2,1-2H3,(H,22,24). The van der Waals surface area contributed by atoms with E-state index in [1.54, 1.807) is 26.0 Å². The molecule has 0 saturated carbocycles. The van der Waals surface area contributed by atoms with Crippen molar-refractivity contribution < 1.29 is 23.9 Å². The maximum Gasteiger partial charge on any atom is 0.319 e. The Hall–Kier alpha value is -2.06. The van der Waals surface area contributed by atoms with Gasteiger partial charge in [-0.1, -0.05) is 30.0 Å². The van der Waals surface area contributed by atoms with Crippen molar-refractivity contribution in [1.29, 1.82) is 5.26 Å². The van der Waals surface area contributed by atoms with Gasteiger partial charge in [0.15, 0.2) is 0 Å². The number of hydrogen-bond donors (Lipinski definition) is 1. The zero-order chi connectivity index (χ0) is 20.7. The smallest absolute Gasteiger partial charge is 0.319 e. The predicted octanol–water partition coefficient (Wildman–Crippen LogP) is 2.72. The van der Waals surface area contributed by atoms with Gasteiger partial charge >= 0.3 is 11.9 Å². The second kappa shape index (κ2) is 10.5. The van der Waals surface area contributed by atoms with Crippen LogP contribution in [0, 0.1) is 20.8 Å². The van der Waals surface area contributed by atoms with Crippen molar-refractivity contribution in [3.05, 3.63) is 44.0 Å². The van der Waals surface area contributed by atoms with Gasteiger partial charge in [0, 0.05) is 9.49 Å². The number of benzene rings is 1. The molecule has 0 aliphatic carbocycles. The largest absolute Gasteiger partial charge is 0.465 e. The number of ether oxygens (including phenoxy) is 2. The molecule has 2 unspecified atom stereocenters. The molecule has 7 nitrogen and oxygen atoms in total. The summed E-state index contributed by atoms with van der Waals surface area (Å²) in [6, 6.07) is 9.35. The third-order valence-electron chi connectivity index (χ3n) is 3.95. The zero-order valence-corrected chi connectivity index (χ0v) is 18.3.